The number of aromatic nitrogens is 5. The number of aliphatic hydroxyl groups excluding tert-OH is 2. The van der Waals surface area contributed by atoms with Crippen molar-refractivity contribution in [3.8, 4) is 11.9 Å². The molecule has 0 fully saturated rings. The monoisotopic (exact) mass is 423 g/mol. The number of aliphatic hydroxyl groups is 2. The lowest BCUT2D eigenvalue weighted by atomic mass is 10.3. The quantitative estimate of drug-likeness (QED) is 0.297. The second kappa shape index (κ2) is 10.6. The number of nitrogens with one attached hydrogen (secondary N) is 3. The smallest absolute Gasteiger partial charge is 0.226 e. The Morgan fingerprint density at radius 1 is 1.10 bits per heavy atom. The summed E-state index contributed by atoms with van der Waals surface area (Å²) in [4.78, 5) is 12.9. The van der Waals surface area contributed by atoms with Crippen LogP contribution in [0.15, 0.2) is 40.8 Å². The first kappa shape index (κ1) is 21.6. The molecule has 5 N–H and O–H groups in total. The van der Waals surface area contributed by atoms with E-state index < -0.39 is 0 Å². The Morgan fingerprint density at radius 3 is 2.55 bits per heavy atom. The van der Waals surface area contributed by atoms with Crippen LogP contribution in [0.5, 0.6) is 0 Å². The third-order valence-corrected chi connectivity index (χ3v) is 3.90. The molecule has 0 saturated heterocycles. The molecule has 160 valence electrons. The van der Waals surface area contributed by atoms with E-state index in [0.717, 1.165) is 0 Å². The van der Waals surface area contributed by atoms with Crippen LogP contribution < -0.4 is 16.0 Å². The molecule has 0 unspecified atom stereocenters. The summed E-state index contributed by atoms with van der Waals surface area (Å²) in [6, 6.07) is 7.32. The van der Waals surface area contributed by atoms with E-state index >= 15 is 0 Å². The summed E-state index contributed by atoms with van der Waals surface area (Å²) in [6.07, 6.45) is 2.98. The van der Waals surface area contributed by atoms with Crippen LogP contribution >= 0.6 is 0 Å². The van der Waals surface area contributed by atoms with Gasteiger partial charge in [0.25, 0.3) is 0 Å². The van der Waals surface area contributed by atoms with Crippen molar-refractivity contribution in [3.63, 3.8) is 0 Å². The Bertz CT molecular complexity index is 1080. The summed E-state index contributed by atoms with van der Waals surface area (Å²) in [5.41, 5.74) is 0.482. The van der Waals surface area contributed by atoms with E-state index in [0.29, 0.717) is 17.5 Å². The van der Waals surface area contributed by atoms with Gasteiger partial charge in [0.05, 0.1) is 19.4 Å². The van der Waals surface area contributed by atoms with Crippen molar-refractivity contribution < 1.29 is 10.2 Å². The summed E-state index contributed by atoms with van der Waals surface area (Å²) in [5, 5.41) is 49.1. The van der Waals surface area contributed by atoms with E-state index in [1.165, 1.54) is 10.9 Å². The van der Waals surface area contributed by atoms with Crippen molar-refractivity contribution in [2.24, 2.45) is 10.2 Å². The number of nitriles is 1. The van der Waals surface area contributed by atoms with Gasteiger partial charge in [-0.3, -0.25) is 0 Å². The summed E-state index contributed by atoms with van der Waals surface area (Å²) in [7, 11) is 1.66. The predicted octanol–water partition coefficient (Wildman–Crippen LogP) is 1.19. The molecule has 0 aromatic carbocycles. The van der Waals surface area contributed by atoms with E-state index in [-0.39, 0.29) is 49.3 Å². The number of azo groups is 1. The van der Waals surface area contributed by atoms with Gasteiger partial charge in [0.1, 0.15) is 11.6 Å². The molecular formula is C18H21N11O2. The zero-order chi connectivity index (χ0) is 22.1. The van der Waals surface area contributed by atoms with E-state index in [1.807, 2.05) is 6.07 Å². The molecule has 0 bridgehead atoms. The highest BCUT2D eigenvalue weighted by atomic mass is 16.3. The lowest BCUT2D eigenvalue weighted by Gasteiger charge is -2.13. The van der Waals surface area contributed by atoms with Crippen LogP contribution in [0.4, 0.5) is 29.1 Å². The summed E-state index contributed by atoms with van der Waals surface area (Å²) >= 11 is 0. The molecular weight excluding hydrogens is 402 g/mol. The van der Waals surface area contributed by atoms with Gasteiger partial charge in [-0.1, -0.05) is 6.07 Å². The normalized spacial score (nSPS) is 10.8. The first-order valence-electron chi connectivity index (χ1n) is 9.32. The van der Waals surface area contributed by atoms with E-state index in [2.05, 4.69) is 46.2 Å². The molecule has 13 nitrogen and oxygen atoms in total. The van der Waals surface area contributed by atoms with E-state index in [1.54, 1.807) is 31.4 Å². The molecule has 3 heterocycles. The number of hydrogen-bond acceptors (Lipinski definition) is 12. The maximum atomic E-state index is 9.43. The van der Waals surface area contributed by atoms with Crippen molar-refractivity contribution in [1.29, 1.82) is 5.26 Å². The Kier molecular flexibility index (Phi) is 7.35. The van der Waals surface area contributed by atoms with Crippen molar-refractivity contribution in [1.82, 2.24) is 24.7 Å². The van der Waals surface area contributed by atoms with Gasteiger partial charge in [0.15, 0.2) is 29.0 Å². The van der Waals surface area contributed by atoms with Gasteiger partial charge in [-0.15, -0.1) is 10.2 Å². The lowest BCUT2D eigenvalue weighted by Crippen LogP contribution is -2.13. The first-order chi connectivity index (χ1) is 15.2. The maximum absolute atomic E-state index is 9.43. The standard InChI is InChI=1S/C18H21N11O2/c1-20-15-14(16(22-6-8-30)26-18(25-15)23-7-9-31)27-28-17-12(10-19)11-24-29(17)13-4-2-3-5-21-13/h2-5,11,30-31H,6-9H2,1H3,(H3,20,22,23,25,26). The van der Waals surface area contributed by atoms with E-state index in [9.17, 15) is 10.4 Å². The van der Waals surface area contributed by atoms with Gasteiger partial charge in [-0.05, 0) is 12.1 Å². The Labute approximate surface area is 177 Å². The van der Waals surface area contributed by atoms with Gasteiger partial charge in [-0.2, -0.15) is 25.0 Å². The molecule has 3 aromatic rings. The number of pyridine rings is 1. The molecule has 0 aliphatic carbocycles. The van der Waals surface area contributed by atoms with Gasteiger partial charge in [-0.25, -0.2) is 4.98 Å². The third kappa shape index (κ3) is 5.07. The van der Waals surface area contributed by atoms with Crippen molar-refractivity contribution in [2.75, 3.05) is 49.3 Å². The Morgan fingerprint density at radius 2 is 1.87 bits per heavy atom. The second-order valence-corrected chi connectivity index (χ2v) is 5.94. The molecule has 13 heteroatoms. The largest absolute Gasteiger partial charge is 0.395 e. The van der Waals surface area contributed by atoms with Crippen LogP contribution in [0.1, 0.15) is 5.56 Å². The van der Waals surface area contributed by atoms with Crippen LogP contribution in [-0.4, -0.2) is 68.3 Å². The van der Waals surface area contributed by atoms with Gasteiger partial charge < -0.3 is 26.2 Å². The highest BCUT2D eigenvalue weighted by Gasteiger charge is 2.16. The highest BCUT2D eigenvalue weighted by Crippen LogP contribution is 2.34. The fraction of sp³-hybridized carbons (Fsp3) is 0.278. The number of anilines is 3. The average molecular weight is 423 g/mol. The average Bonchev–Trinajstić information content (AvgIpc) is 3.23. The van der Waals surface area contributed by atoms with Gasteiger partial charge in [0, 0.05) is 26.3 Å². The van der Waals surface area contributed by atoms with Gasteiger partial charge in [0.2, 0.25) is 5.95 Å². The number of nitrogens with zero attached hydrogens (tertiary/aromatic N) is 8. The highest BCUT2D eigenvalue weighted by molar-refractivity contribution is 5.75. The molecule has 0 aliphatic heterocycles. The zero-order valence-corrected chi connectivity index (χ0v) is 16.7. The van der Waals surface area contributed by atoms with Crippen LogP contribution in [0.2, 0.25) is 0 Å². The third-order valence-electron chi connectivity index (χ3n) is 3.90. The minimum Gasteiger partial charge on any atom is -0.395 e. The van der Waals surface area contributed by atoms with Crippen molar-refractivity contribution in [3.05, 3.63) is 36.2 Å². The van der Waals surface area contributed by atoms with Crippen LogP contribution in [0.25, 0.3) is 5.82 Å². The number of hydrogen-bond donors (Lipinski definition) is 5. The lowest BCUT2D eigenvalue weighted by molar-refractivity contribution is 0.311. The topological polar surface area (TPSA) is 182 Å². The van der Waals surface area contributed by atoms with Crippen molar-refractivity contribution >= 4 is 29.1 Å². The fourth-order valence-corrected chi connectivity index (χ4v) is 2.53. The van der Waals surface area contributed by atoms with Crippen LogP contribution in [0.3, 0.4) is 0 Å². The van der Waals surface area contributed by atoms with E-state index in [4.69, 9.17) is 5.11 Å². The first-order valence-corrected chi connectivity index (χ1v) is 9.32. The van der Waals surface area contributed by atoms with Crippen molar-refractivity contribution in [2.45, 2.75) is 0 Å². The Balaban J connectivity index is 2.05. The zero-order valence-electron chi connectivity index (χ0n) is 16.7. The molecule has 0 aliphatic rings. The molecule has 0 saturated carbocycles. The molecule has 0 radical (unpaired) electrons. The molecule has 0 amide bonds. The molecule has 0 spiro atoms. The van der Waals surface area contributed by atoms with Crippen LogP contribution in [-0.2, 0) is 0 Å². The summed E-state index contributed by atoms with van der Waals surface area (Å²) < 4.78 is 1.40. The predicted molar refractivity (Wildman–Crippen MR) is 113 cm³/mol. The second-order valence-electron chi connectivity index (χ2n) is 5.94. The molecule has 0 atom stereocenters. The SMILES string of the molecule is CNc1nc(NCCO)nc(NCCO)c1N=Nc1c(C#N)cnn1-c1ccccn1. The number of rotatable bonds is 10. The van der Waals surface area contributed by atoms with Gasteiger partial charge >= 0.3 is 0 Å². The Hall–Kier alpha value is -4.15. The summed E-state index contributed by atoms with van der Waals surface area (Å²) in [5.74, 6) is 1.58. The minimum atomic E-state index is -0.125. The minimum absolute atomic E-state index is 0.0897. The maximum Gasteiger partial charge on any atom is 0.226 e. The summed E-state index contributed by atoms with van der Waals surface area (Å²) in [6.45, 7) is 0.267. The molecule has 31 heavy (non-hydrogen) atoms. The fourth-order valence-electron chi connectivity index (χ4n) is 2.53. The molecule has 3 aromatic heterocycles. The van der Waals surface area contributed by atoms with Crippen LogP contribution in [0, 0.1) is 11.3 Å². The molecule has 3 rings (SSSR count).